The van der Waals surface area contributed by atoms with Crippen LogP contribution in [0.1, 0.15) is 33.9 Å². The summed E-state index contributed by atoms with van der Waals surface area (Å²) in [5.41, 5.74) is 2.04. The largest absolute Gasteiger partial charge is 0.497 e. The number of rotatable bonds is 5. The summed E-state index contributed by atoms with van der Waals surface area (Å²) in [5, 5.41) is 2.67. The molecule has 1 aromatic heterocycles. The summed E-state index contributed by atoms with van der Waals surface area (Å²) < 4.78 is 10.4. The van der Waals surface area contributed by atoms with E-state index in [4.69, 9.17) is 9.47 Å². The lowest BCUT2D eigenvalue weighted by Gasteiger charge is -2.07. The van der Waals surface area contributed by atoms with Gasteiger partial charge in [0.25, 0.3) is 0 Å². The van der Waals surface area contributed by atoms with Gasteiger partial charge in [-0.15, -0.1) is 11.3 Å². The Kier molecular flexibility index (Phi) is 4.57. The maximum atomic E-state index is 12.7. The molecular weight excluding hydrogens is 310 g/mol. The molecule has 0 fully saturated rings. The summed E-state index contributed by atoms with van der Waals surface area (Å²) in [6.45, 7) is 0. The van der Waals surface area contributed by atoms with Crippen LogP contribution in [-0.2, 0) is 0 Å². The first-order chi connectivity index (χ1) is 11.2. The predicted octanol–water partition coefficient (Wildman–Crippen LogP) is 4.12. The monoisotopic (exact) mass is 327 g/mol. The molecule has 118 valence electrons. The third-order valence-corrected chi connectivity index (χ3v) is 4.48. The van der Waals surface area contributed by atoms with Crippen molar-refractivity contribution >= 4 is 22.7 Å². The average molecular weight is 327 g/mol. The first-order valence-corrected chi connectivity index (χ1v) is 8.19. The number of thiazole rings is 1. The molecule has 0 saturated carbocycles. The standard InChI is InChI=1S/C18H17NO3S/c1-21-14-8-13(9-15(10-14)22-2)17(20)16-11-23-18(19-16)12-6-4-3-5-7-12/h4,6-11H,3,5H2,1-2H3. The number of aromatic nitrogens is 1. The quantitative estimate of drug-likeness (QED) is 0.775. The van der Waals surface area contributed by atoms with Crippen LogP contribution in [0.15, 0.2) is 41.8 Å². The Balaban J connectivity index is 1.90. The van der Waals surface area contributed by atoms with Gasteiger partial charge in [-0.25, -0.2) is 4.98 Å². The van der Waals surface area contributed by atoms with Crippen LogP contribution in [0.4, 0.5) is 0 Å². The van der Waals surface area contributed by atoms with Crippen molar-refractivity contribution in [2.45, 2.75) is 12.8 Å². The van der Waals surface area contributed by atoms with Crippen molar-refractivity contribution in [3.8, 4) is 11.5 Å². The highest BCUT2D eigenvalue weighted by molar-refractivity contribution is 7.11. The second-order valence-electron chi connectivity index (χ2n) is 5.11. The molecule has 0 saturated heterocycles. The number of ketones is 1. The molecule has 1 heterocycles. The number of allylic oxidation sites excluding steroid dienone is 4. The van der Waals surface area contributed by atoms with Crippen molar-refractivity contribution in [1.82, 2.24) is 4.98 Å². The summed E-state index contributed by atoms with van der Waals surface area (Å²) >= 11 is 1.48. The molecule has 1 aliphatic rings. The molecule has 0 bridgehead atoms. The first-order valence-electron chi connectivity index (χ1n) is 7.31. The predicted molar refractivity (Wildman–Crippen MR) is 91.4 cm³/mol. The zero-order valence-corrected chi connectivity index (χ0v) is 13.9. The van der Waals surface area contributed by atoms with Crippen LogP contribution >= 0.6 is 11.3 Å². The topological polar surface area (TPSA) is 48.4 Å². The van der Waals surface area contributed by atoms with Crippen LogP contribution in [-0.4, -0.2) is 25.0 Å². The average Bonchev–Trinajstić information content (AvgIpc) is 3.11. The summed E-state index contributed by atoms with van der Waals surface area (Å²) in [6, 6.07) is 5.13. The lowest BCUT2D eigenvalue weighted by Crippen LogP contribution is -2.03. The third-order valence-electron chi connectivity index (χ3n) is 3.59. The van der Waals surface area contributed by atoms with Crippen molar-refractivity contribution in [3.05, 3.63) is 58.1 Å². The molecule has 1 aliphatic carbocycles. The number of carbonyl (C=O) groups excluding carboxylic acids is 1. The van der Waals surface area contributed by atoms with E-state index >= 15 is 0 Å². The summed E-state index contributed by atoms with van der Waals surface area (Å²) in [6.07, 6.45) is 8.42. The van der Waals surface area contributed by atoms with E-state index in [1.54, 1.807) is 37.8 Å². The minimum absolute atomic E-state index is 0.134. The summed E-state index contributed by atoms with van der Waals surface area (Å²) in [4.78, 5) is 17.2. The van der Waals surface area contributed by atoms with Crippen LogP contribution in [0.3, 0.4) is 0 Å². The van der Waals surface area contributed by atoms with Crippen molar-refractivity contribution in [2.24, 2.45) is 0 Å². The molecule has 1 aromatic carbocycles. The highest BCUT2D eigenvalue weighted by Gasteiger charge is 2.16. The zero-order chi connectivity index (χ0) is 16.2. The highest BCUT2D eigenvalue weighted by atomic mass is 32.1. The normalized spacial score (nSPS) is 13.6. The Morgan fingerprint density at radius 2 is 1.87 bits per heavy atom. The molecule has 0 aliphatic heterocycles. The number of hydrogen-bond donors (Lipinski definition) is 0. The van der Waals surface area contributed by atoms with E-state index in [0.717, 1.165) is 23.4 Å². The fourth-order valence-corrected chi connectivity index (χ4v) is 3.19. The Bertz CT molecular complexity index is 767. The van der Waals surface area contributed by atoms with Crippen molar-refractivity contribution in [1.29, 1.82) is 0 Å². The Hall–Kier alpha value is -2.40. The molecule has 5 heteroatoms. The second kappa shape index (κ2) is 6.79. The molecule has 0 atom stereocenters. The number of benzene rings is 1. The van der Waals surface area contributed by atoms with Crippen molar-refractivity contribution < 1.29 is 14.3 Å². The maximum Gasteiger partial charge on any atom is 0.212 e. The van der Waals surface area contributed by atoms with Gasteiger partial charge in [0.05, 0.1) is 14.2 Å². The van der Waals surface area contributed by atoms with Gasteiger partial charge in [0.1, 0.15) is 22.2 Å². The fourth-order valence-electron chi connectivity index (χ4n) is 2.37. The Labute approximate surface area is 139 Å². The number of ether oxygens (including phenoxy) is 2. The number of nitrogens with zero attached hydrogens (tertiary/aromatic N) is 1. The van der Waals surface area contributed by atoms with Gasteiger partial charge in [0, 0.05) is 22.6 Å². The van der Waals surface area contributed by atoms with Gasteiger partial charge in [0.2, 0.25) is 5.78 Å². The van der Waals surface area contributed by atoms with Crippen molar-refractivity contribution in [3.63, 3.8) is 0 Å². The van der Waals surface area contributed by atoms with Gasteiger partial charge < -0.3 is 9.47 Å². The van der Waals surface area contributed by atoms with Crippen LogP contribution in [0.2, 0.25) is 0 Å². The minimum Gasteiger partial charge on any atom is -0.497 e. The van der Waals surface area contributed by atoms with Gasteiger partial charge >= 0.3 is 0 Å². The maximum absolute atomic E-state index is 12.7. The lowest BCUT2D eigenvalue weighted by molar-refractivity contribution is 0.103. The number of methoxy groups -OCH3 is 2. The van der Waals surface area contributed by atoms with E-state index in [2.05, 4.69) is 23.2 Å². The molecule has 0 N–H and O–H groups in total. The Morgan fingerprint density at radius 3 is 2.48 bits per heavy atom. The van der Waals surface area contributed by atoms with Crippen LogP contribution in [0.25, 0.3) is 5.57 Å². The SMILES string of the molecule is COc1cc(OC)cc(C(=O)c2csc(C3=CCCC=C3)n2)c1. The molecule has 2 aromatic rings. The number of carbonyl (C=O) groups is 1. The van der Waals surface area contributed by atoms with Crippen LogP contribution in [0.5, 0.6) is 11.5 Å². The molecule has 0 radical (unpaired) electrons. The van der Waals surface area contributed by atoms with Crippen molar-refractivity contribution in [2.75, 3.05) is 14.2 Å². The van der Waals surface area contributed by atoms with Gasteiger partial charge in [0.15, 0.2) is 0 Å². The fraction of sp³-hybridized carbons (Fsp3) is 0.222. The van der Waals surface area contributed by atoms with Gasteiger partial charge in [-0.05, 0) is 25.0 Å². The van der Waals surface area contributed by atoms with E-state index in [9.17, 15) is 4.79 Å². The summed E-state index contributed by atoms with van der Waals surface area (Å²) in [5.74, 6) is 1.03. The Morgan fingerprint density at radius 1 is 1.13 bits per heavy atom. The van der Waals surface area contributed by atoms with E-state index in [1.807, 2.05) is 0 Å². The highest BCUT2D eigenvalue weighted by Crippen LogP contribution is 2.27. The molecular formula is C18H17NO3S. The van der Waals surface area contributed by atoms with E-state index in [1.165, 1.54) is 11.3 Å². The van der Waals surface area contributed by atoms with Gasteiger partial charge in [-0.3, -0.25) is 4.79 Å². The molecule has 4 nitrogen and oxygen atoms in total. The second-order valence-corrected chi connectivity index (χ2v) is 5.97. The molecule has 0 unspecified atom stereocenters. The minimum atomic E-state index is -0.134. The molecule has 0 spiro atoms. The molecule has 3 rings (SSSR count). The van der Waals surface area contributed by atoms with Crippen LogP contribution in [0, 0.1) is 0 Å². The van der Waals surface area contributed by atoms with Crippen LogP contribution < -0.4 is 9.47 Å². The first kappa shape index (κ1) is 15.5. The zero-order valence-electron chi connectivity index (χ0n) is 13.0. The molecule has 0 amide bonds. The summed E-state index contributed by atoms with van der Waals surface area (Å²) in [7, 11) is 3.12. The smallest absolute Gasteiger partial charge is 0.212 e. The number of hydrogen-bond acceptors (Lipinski definition) is 5. The van der Waals surface area contributed by atoms with Gasteiger partial charge in [-0.2, -0.15) is 0 Å². The molecule has 23 heavy (non-hydrogen) atoms. The van der Waals surface area contributed by atoms with E-state index in [-0.39, 0.29) is 5.78 Å². The lowest BCUT2D eigenvalue weighted by atomic mass is 10.1. The van der Waals surface area contributed by atoms with E-state index < -0.39 is 0 Å². The third kappa shape index (κ3) is 3.35. The van der Waals surface area contributed by atoms with Gasteiger partial charge in [-0.1, -0.05) is 18.2 Å². The van der Waals surface area contributed by atoms with E-state index in [0.29, 0.717) is 22.8 Å².